The van der Waals surface area contributed by atoms with Crippen LogP contribution < -0.4 is 5.32 Å². The van der Waals surface area contributed by atoms with Gasteiger partial charge in [-0.15, -0.1) is 11.8 Å². The Balaban J connectivity index is 1.93. The molecule has 1 aromatic heterocycles. The minimum atomic E-state index is 0.0149. The van der Waals surface area contributed by atoms with E-state index in [0.717, 1.165) is 22.8 Å². The number of hydrogen-bond acceptors (Lipinski definition) is 3. The molecular formula is C21H21N3OS. The third-order valence-electron chi connectivity index (χ3n) is 4.73. The molecular weight excluding hydrogens is 342 g/mol. The third kappa shape index (κ3) is 2.92. The van der Waals surface area contributed by atoms with E-state index < -0.39 is 0 Å². The first-order chi connectivity index (χ1) is 12.5. The molecule has 3 aromatic rings. The molecule has 0 radical (unpaired) electrons. The summed E-state index contributed by atoms with van der Waals surface area (Å²) in [5.41, 5.74) is 6.71. The Kier molecular flexibility index (Phi) is 4.32. The van der Waals surface area contributed by atoms with Gasteiger partial charge in [-0.1, -0.05) is 42.0 Å². The van der Waals surface area contributed by atoms with E-state index in [1.807, 2.05) is 41.9 Å². The minimum Gasteiger partial charge on any atom is -0.310 e. The van der Waals surface area contributed by atoms with Crippen molar-refractivity contribution in [1.29, 1.82) is 0 Å². The second-order valence-corrected chi connectivity index (χ2v) is 7.79. The number of hydrogen-bond donors (Lipinski definition) is 1. The smallest absolute Gasteiger partial charge is 0.235 e. The number of benzene rings is 2. The molecule has 1 N–H and O–H groups in total. The number of rotatable bonds is 2. The van der Waals surface area contributed by atoms with Gasteiger partial charge in [0, 0.05) is 5.56 Å². The zero-order valence-electron chi connectivity index (χ0n) is 15.1. The van der Waals surface area contributed by atoms with Crippen molar-refractivity contribution in [3.63, 3.8) is 0 Å². The van der Waals surface area contributed by atoms with E-state index in [1.165, 1.54) is 16.7 Å². The van der Waals surface area contributed by atoms with E-state index >= 15 is 0 Å². The molecule has 1 aliphatic rings. The first kappa shape index (κ1) is 16.9. The third-order valence-corrected chi connectivity index (χ3v) is 5.98. The number of aromatic nitrogens is 2. The lowest BCUT2D eigenvalue weighted by Gasteiger charge is -2.18. The fourth-order valence-corrected chi connectivity index (χ4v) is 4.70. The number of aryl methyl sites for hydroxylation is 3. The van der Waals surface area contributed by atoms with Crippen LogP contribution in [0.5, 0.6) is 0 Å². The first-order valence-electron chi connectivity index (χ1n) is 8.68. The lowest BCUT2D eigenvalue weighted by molar-refractivity contribution is -0.113. The van der Waals surface area contributed by atoms with Crippen LogP contribution in [0.3, 0.4) is 0 Å². The molecule has 2 heterocycles. The fourth-order valence-electron chi connectivity index (χ4n) is 3.43. The van der Waals surface area contributed by atoms with Gasteiger partial charge in [0.2, 0.25) is 5.91 Å². The number of amides is 1. The Morgan fingerprint density at radius 3 is 2.65 bits per heavy atom. The predicted octanol–water partition coefficient (Wildman–Crippen LogP) is 4.57. The summed E-state index contributed by atoms with van der Waals surface area (Å²) in [5, 5.41) is 7.92. The summed E-state index contributed by atoms with van der Waals surface area (Å²) in [7, 11) is 0. The molecule has 0 fully saturated rings. The molecule has 132 valence electrons. The van der Waals surface area contributed by atoms with Crippen LogP contribution in [0.2, 0.25) is 0 Å². The van der Waals surface area contributed by atoms with E-state index in [-0.39, 0.29) is 11.2 Å². The summed E-state index contributed by atoms with van der Waals surface area (Å²) in [6.07, 6.45) is 0. The molecule has 26 heavy (non-hydrogen) atoms. The molecule has 0 spiro atoms. The first-order valence-corrected chi connectivity index (χ1v) is 9.73. The average Bonchev–Trinajstić information content (AvgIpc) is 2.84. The maximum Gasteiger partial charge on any atom is 0.235 e. The van der Waals surface area contributed by atoms with Crippen molar-refractivity contribution >= 4 is 23.5 Å². The van der Waals surface area contributed by atoms with Gasteiger partial charge >= 0.3 is 0 Å². The van der Waals surface area contributed by atoms with Crippen LogP contribution in [0.15, 0.2) is 48.5 Å². The quantitative estimate of drug-likeness (QED) is 0.725. The maximum absolute atomic E-state index is 12.4. The van der Waals surface area contributed by atoms with E-state index in [1.54, 1.807) is 11.8 Å². The van der Waals surface area contributed by atoms with Crippen LogP contribution >= 0.6 is 11.8 Å². The van der Waals surface area contributed by atoms with E-state index in [0.29, 0.717) is 5.75 Å². The Morgan fingerprint density at radius 1 is 1.12 bits per heavy atom. The van der Waals surface area contributed by atoms with Crippen molar-refractivity contribution in [2.24, 2.45) is 0 Å². The average molecular weight is 363 g/mol. The molecule has 2 aromatic carbocycles. The Labute approximate surface area is 157 Å². The second kappa shape index (κ2) is 6.65. The van der Waals surface area contributed by atoms with E-state index in [4.69, 9.17) is 5.10 Å². The van der Waals surface area contributed by atoms with Crippen LogP contribution in [-0.4, -0.2) is 21.4 Å². The lowest BCUT2D eigenvalue weighted by Crippen LogP contribution is -2.15. The number of carbonyl (C=O) groups is 1. The molecule has 1 amide bonds. The van der Waals surface area contributed by atoms with Crippen LogP contribution in [-0.2, 0) is 4.79 Å². The molecule has 4 rings (SSSR count). The standard InChI is InChI=1S/C21H21N3OS/c1-13-9-10-14(2)17(11-13)20-19-15(3)23-24(16-7-5-4-6-8-16)21(19)22-18(25)12-26-20/h4-11,20H,12H2,1-3H3,(H,22,25)/t20-/m0/s1. The predicted molar refractivity (Wildman–Crippen MR) is 107 cm³/mol. The van der Waals surface area contributed by atoms with E-state index in [9.17, 15) is 4.79 Å². The maximum atomic E-state index is 12.4. The number of nitrogens with zero attached hydrogens (tertiary/aromatic N) is 2. The number of carbonyl (C=O) groups excluding carboxylic acids is 1. The summed E-state index contributed by atoms with van der Waals surface area (Å²) in [6, 6.07) is 16.5. The second-order valence-electron chi connectivity index (χ2n) is 6.69. The van der Waals surface area contributed by atoms with Crippen molar-refractivity contribution in [3.8, 4) is 5.69 Å². The van der Waals surface area contributed by atoms with Crippen LogP contribution in [0.25, 0.3) is 5.69 Å². The highest BCUT2D eigenvalue weighted by molar-refractivity contribution is 8.00. The Hall–Kier alpha value is -2.53. The number of fused-ring (bicyclic) bond motifs is 1. The molecule has 0 unspecified atom stereocenters. The van der Waals surface area contributed by atoms with Gasteiger partial charge in [0.25, 0.3) is 0 Å². The minimum absolute atomic E-state index is 0.0149. The van der Waals surface area contributed by atoms with Crippen molar-refractivity contribution in [3.05, 3.63) is 76.5 Å². The Morgan fingerprint density at radius 2 is 1.88 bits per heavy atom. The van der Waals surface area contributed by atoms with Crippen molar-refractivity contribution in [1.82, 2.24) is 9.78 Å². The molecule has 4 nitrogen and oxygen atoms in total. The van der Waals surface area contributed by atoms with Crippen molar-refractivity contribution in [2.45, 2.75) is 26.0 Å². The summed E-state index contributed by atoms with van der Waals surface area (Å²) >= 11 is 1.67. The summed E-state index contributed by atoms with van der Waals surface area (Å²) in [5.74, 6) is 1.23. The fraction of sp³-hybridized carbons (Fsp3) is 0.238. The largest absolute Gasteiger partial charge is 0.310 e. The van der Waals surface area contributed by atoms with Gasteiger partial charge in [0.05, 0.1) is 22.4 Å². The molecule has 0 saturated heterocycles. The van der Waals surface area contributed by atoms with Gasteiger partial charge in [0.15, 0.2) is 0 Å². The molecule has 5 heteroatoms. The molecule has 1 aliphatic heterocycles. The van der Waals surface area contributed by atoms with Crippen molar-refractivity contribution < 1.29 is 4.79 Å². The molecule has 1 atom stereocenters. The molecule has 0 saturated carbocycles. The van der Waals surface area contributed by atoms with Gasteiger partial charge in [-0.05, 0) is 44.0 Å². The van der Waals surface area contributed by atoms with Gasteiger partial charge in [-0.25, -0.2) is 4.68 Å². The zero-order chi connectivity index (χ0) is 18.3. The highest BCUT2D eigenvalue weighted by Gasteiger charge is 2.31. The monoisotopic (exact) mass is 363 g/mol. The van der Waals surface area contributed by atoms with Gasteiger partial charge in [-0.3, -0.25) is 4.79 Å². The normalized spacial score (nSPS) is 16.7. The van der Waals surface area contributed by atoms with Gasteiger partial charge in [-0.2, -0.15) is 5.10 Å². The van der Waals surface area contributed by atoms with Crippen molar-refractivity contribution in [2.75, 3.05) is 11.1 Å². The SMILES string of the molecule is Cc1ccc(C)c([C@@H]2SCC(=O)Nc3c2c(C)nn3-c2ccccc2)c1. The van der Waals surface area contributed by atoms with Gasteiger partial charge < -0.3 is 5.32 Å². The van der Waals surface area contributed by atoms with E-state index in [2.05, 4.69) is 37.4 Å². The summed E-state index contributed by atoms with van der Waals surface area (Å²) in [6.45, 7) is 6.26. The number of para-hydroxylation sites is 1. The highest BCUT2D eigenvalue weighted by Crippen LogP contribution is 2.44. The van der Waals surface area contributed by atoms with Crippen LogP contribution in [0.1, 0.15) is 33.2 Å². The zero-order valence-corrected chi connectivity index (χ0v) is 15.9. The number of nitrogens with one attached hydrogen (secondary N) is 1. The summed E-state index contributed by atoms with van der Waals surface area (Å²) < 4.78 is 1.85. The highest BCUT2D eigenvalue weighted by atomic mass is 32.2. The lowest BCUT2D eigenvalue weighted by atomic mass is 9.98. The number of anilines is 1. The Bertz CT molecular complexity index is 978. The molecule has 0 bridgehead atoms. The topological polar surface area (TPSA) is 46.9 Å². The number of thioether (sulfide) groups is 1. The van der Waals surface area contributed by atoms with Crippen LogP contribution in [0, 0.1) is 20.8 Å². The molecule has 0 aliphatic carbocycles. The van der Waals surface area contributed by atoms with Crippen LogP contribution in [0.4, 0.5) is 5.82 Å². The summed E-state index contributed by atoms with van der Waals surface area (Å²) in [4.78, 5) is 12.4. The van der Waals surface area contributed by atoms with Gasteiger partial charge in [0.1, 0.15) is 5.82 Å².